The van der Waals surface area contributed by atoms with Gasteiger partial charge in [0, 0.05) is 16.4 Å². The first kappa shape index (κ1) is 19.9. The van der Waals surface area contributed by atoms with Crippen molar-refractivity contribution in [2.75, 3.05) is 11.6 Å². The first-order valence-electron chi connectivity index (χ1n) is 7.84. The molecule has 25 heavy (non-hydrogen) atoms. The Bertz CT molecular complexity index is 865. The van der Waals surface area contributed by atoms with Gasteiger partial charge >= 0.3 is 0 Å². The van der Waals surface area contributed by atoms with Gasteiger partial charge < -0.3 is 10.6 Å². The van der Waals surface area contributed by atoms with E-state index in [4.69, 9.17) is 12.2 Å². The Labute approximate surface area is 163 Å². The minimum Gasteiger partial charge on any atom is -0.356 e. The zero-order valence-electron chi connectivity index (χ0n) is 14.3. The summed E-state index contributed by atoms with van der Waals surface area (Å²) >= 11 is 8.89. The predicted molar refractivity (Wildman–Crippen MR) is 111 cm³/mol. The summed E-state index contributed by atoms with van der Waals surface area (Å²) in [5.74, 6) is 0. The molecule has 0 unspecified atom stereocenters. The summed E-state index contributed by atoms with van der Waals surface area (Å²) in [5, 5.41) is 7.00. The molecule has 134 valence electrons. The number of halogens is 1. The molecule has 0 aliphatic rings. The quantitative estimate of drug-likeness (QED) is 0.665. The fraction of sp³-hybridized carbons (Fsp3) is 0.278. The number of aryl methyl sites for hydroxylation is 1. The van der Waals surface area contributed by atoms with Crippen LogP contribution in [-0.2, 0) is 9.84 Å². The molecule has 0 bridgehead atoms. The van der Waals surface area contributed by atoms with Crippen LogP contribution in [0.5, 0.6) is 0 Å². The standard InChI is InChI=1S/C18H21BrN2O2S2/c1-4-17(13-5-8-15(9-6-13)25(3,22)23)21-18(24)20-14-7-10-16(19)12(2)11-14/h5-11,17H,4H2,1-3H3,(H2,20,21,24)/t17-/m0/s1. The van der Waals surface area contributed by atoms with E-state index < -0.39 is 9.84 Å². The van der Waals surface area contributed by atoms with E-state index in [0.717, 1.165) is 27.7 Å². The van der Waals surface area contributed by atoms with Crippen molar-refractivity contribution in [3.05, 3.63) is 58.1 Å². The second-order valence-corrected chi connectivity index (χ2v) is 9.14. The molecule has 0 amide bonds. The SMILES string of the molecule is CC[C@H](NC(=S)Nc1ccc(Br)c(C)c1)c1ccc(S(C)(=O)=O)cc1. The molecule has 7 heteroatoms. The maximum Gasteiger partial charge on any atom is 0.175 e. The molecule has 0 saturated carbocycles. The molecule has 0 aliphatic heterocycles. The normalized spacial score (nSPS) is 12.5. The van der Waals surface area contributed by atoms with E-state index >= 15 is 0 Å². The molecule has 0 radical (unpaired) electrons. The molecule has 0 spiro atoms. The maximum absolute atomic E-state index is 11.6. The van der Waals surface area contributed by atoms with E-state index in [1.54, 1.807) is 12.1 Å². The van der Waals surface area contributed by atoms with Crippen LogP contribution in [0.15, 0.2) is 51.8 Å². The lowest BCUT2D eigenvalue weighted by Crippen LogP contribution is -2.32. The lowest BCUT2D eigenvalue weighted by molar-refractivity contribution is 0.601. The van der Waals surface area contributed by atoms with Crippen LogP contribution in [0.2, 0.25) is 0 Å². The number of benzene rings is 2. The Kier molecular flexibility index (Phi) is 6.59. The maximum atomic E-state index is 11.6. The highest BCUT2D eigenvalue weighted by molar-refractivity contribution is 9.10. The van der Waals surface area contributed by atoms with Crippen molar-refractivity contribution < 1.29 is 8.42 Å². The van der Waals surface area contributed by atoms with Crippen molar-refractivity contribution in [1.82, 2.24) is 5.32 Å². The minimum atomic E-state index is -3.19. The number of hydrogen-bond acceptors (Lipinski definition) is 3. The minimum absolute atomic E-state index is 0.00477. The van der Waals surface area contributed by atoms with E-state index in [-0.39, 0.29) is 6.04 Å². The van der Waals surface area contributed by atoms with Gasteiger partial charge in [0.2, 0.25) is 0 Å². The molecule has 0 aliphatic carbocycles. The van der Waals surface area contributed by atoms with Crippen LogP contribution in [0.4, 0.5) is 5.69 Å². The average molecular weight is 441 g/mol. The van der Waals surface area contributed by atoms with Crippen molar-refractivity contribution in [2.24, 2.45) is 0 Å². The third kappa shape index (κ3) is 5.52. The van der Waals surface area contributed by atoms with Crippen LogP contribution in [-0.4, -0.2) is 19.8 Å². The summed E-state index contributed by atoms with van der Waals surface area (Å²) in [6.07, 6.45) is 2.02. The summed E-state index contributed by atoms with van der Waals surface area (Å²) < 4.78 is 24.2. The van der Waals surface area contributed by atoms with Crippen molar-refractivity contribution in [3.8, 4) is 0 Å². The number of sulfone groups is 1. The molecule has 0 fully saturated rings. The zero-order chi connectivity index (χ0) is 18.6. The highest BCUT2D eigenvalue weighted by atomic mass is 79.9. The molecule has 2 aromatic carbocycles. The number of thiocarbonyl (C=S) groups is 1. The van der Waals surface area contributed by atoms with Gasteiger partial charge in [-0.2, -0.15) is 0 Å². The average Bonchev–Trinajstić information content (AvgIpc) is 2.55. The summed E-state index contributed by atoms with van der Waals surface area (Å²) in [7, 11) is -3.19. The second kappa shape index (κ2) is 8.29. The largest absolute Gasteiger partial charge is 0.356 e. The smallest absolute Gasteiger partial charge is 0.175 e. The Hall–Kier alpha value is -1.44. The molecule has 2 rings (SSSR count). The first-order chi connectivity index (χ1) is 11.7. The third-order valence-corrected chi connectivity index (χ3v) is 6.08. The fourth-order valence-electron chi connectivity index (χ4n) is 2.42. The van der Waals surface area contributed by atoms with Gasteiger partial charge in [-0.15, -0.1) is 0 Å². The van der Waals surface area contributed by atoms with Gasteiger partial charge in [-0.3, -0.25) is 0 Å². The second-order valence-electron chi connectivity index (χ2n) is 5.86. The van der Waals surface area contributed by atoms with E-state index in [9.17, 15) is 8.42 Å². The van der Waals surface area contributed by atoms with E-state index in [1.165, 1.54) is 6.26 Å². The predicted octanol–water partition coefficient (Wildman–Crippen LogP) is 4.60. The lowest BCUT2D eigenvalue weighted by atomic mass is 10.1. The van der Waals surface area contributed by atoms with E-state index in [0.29, 0.717) is 10.0 Å². The van der Waals surface area contributed by atoms with Gasteiger partial charge in [-0.1, -0.05) is 35.0 Å². The molecular formula is C18H21BrN2O2S2. The molecule has 0 saturated heterocycles. The molecule has 2 aromatic rings. The summed E-state index contributed by atoms with van der Waals surface area (Å²) in [4.78, 5) is 0.317. The van der Waals surface area contributed by atoms with Crippen molar-refractivity contribution in [2.45, 2.75) is 31.2 Å². The molecular weight excluding hydrogens is 420 g/mol. The van der Waals surface area contributed by atoms with Crippen molar-refractivity contribution >= 4 is 48.8 Å². The van der Waals surface area contributed by atoms with Crippen LogP contribution in [0.3, 0.4) is 0 Å². The summed E-state index contributed by atoms with van der Waals surface area (Å²) in [6, 6.07) is 12.8. The van der Waals surface area contributed by atoms with E-state index in [2.05, 4.69) is 33.5 Å². The van der Waals surface area contributed by atoms with E-state index in [1.807, 2.05) is 37.3 Å². The zero-order valence-corrected chi connectivity index (χ0v) is 17.6. The first-order valence-corrected chi connectivity index (χ1v) is 10.9. The topological polar surface area (TPSA) is 58.2 Å². The fourth-order valence-corrected chi connectivity index (χ4v) is 3.55. The molecule has 0 aromatic heterocycles. The van der Waals surface area contributed by atoms with Crippen molar-refractivity contribution in [3.63, 3.8) is 0 Å². The molecule has 4 nitrogen and oxygen atoms in total. The Morgan fingerprint density at radius 2 is 1.84 bits per heavy atom. The number of rotatable bonds is 5. The van der Waals surface area contributed by atoms with Gasteiger partial charge in [-0.05, 0) is 67.0 Å². The number of hydrogen-bond donors (Lipinski definition) is 2. The van der Waals surface area contributed by atoms with Gasteiger partial charge in [0.15, 0.2) is 14.9 Å². The Balaban J connectivity index is 2.08. The number of nitrogens with one attached hydrogen (secondary N) is 2. The van der Waals surface area contributed by atoms with Crippen LogP contribution in [0, 0.1) is 6.92 Å². The van der Waals surface area contributed by atoms with Gasteiger partial charge in [0.1, 0.15) is 0 Å². The highest BCUT2D eigenvalue weighted by Crippen LogP contribution is 2.21. The summed E-state index contributed by atoms with van der Waals surface area (Å²) in [5.41, 5.74) is 3.03. The van der Waals surface area contributed by atoms with Crippen molar-refractivity contribution in [1.29, 1.82) is 0 Å². The summed E-state index contributed by atoms with van der Waals surface area (Å²) in [6.45, 7) is 4.07. The highest BCUT2D eigenvalue weighted by Gasteiger charge is 2.13. The molecule has 1 atom stereocenters. The van der Waals surface area contributed by atoms with Gasteiger partial charge in [0.05, 0.1) is 10.9 Å². The van der Waals surface area contributed by atoms with Gasteiger partial charge in [-0.25, -0.2) is 8.42 Å². The Morgan fingerprint density at radius 3 is 2.36 bits per heavy atom. The van der Waals surface area contributed by atoms with Crippen LogP contribution < -0.4 is 10.6 Å². The Morgan fingerprint density at radius 1 is 1.20 bits per heavy atom. The molecule has 0 heterocycles. The van der Waals surface area contributed by atoms with Gasteiger partial charge in [0.25, 0.3) is 0 Å². The van der Waals surface area contributed by atoms with Crippen LogP contribution >= 0.6 is 28.1 Å². The lowest BCUT2D eigenvalue weighted by Gasteiger charge is -2.20. The molecule has 2 N–H and O–H groups in total. The van der Waals surface area contributed by atoms with Crippen LogP contribution in [0.25, 0.3) is 0 Å². The monoisotopic (exact) mass is 440 g/mol. The third-order valence-electron chi connectivity index (χ3n) is 3.84. The number of anilines is 1. The van der Waals surface area contributed by atoms with Crippen LogP contribution in [0.1, 0.15) is 30.5 Å².